The molecule has 0 aliphatic heterocycles. The fourth-order valence-corrected chi connectivity index (χ4v) is 2.51. The number of benzene rings is 2. The van der Waals surface area contributed by atoms with Gasteiger partial charge in [-0.1, -0.05) is 61.5 Å². The van der Waals surface area contributed by atoms with Gasteiger partial charge >= 0.3 is 0 Å². The molecule has 0 spiro atoms. The predicted octanol–water partition coefficient (Wildman–Crippen LogP) is 4.47. The third-order valence-electron chi connectivity index (χ3n) is 3.81. The van der Waals surface area contributed by atoms with E-state index in [1.165, 1.54) is 11.8 Å². The van der Waals surface area contributed by atoms with Crippen molar-refractivity contribution in [1.29, 1.82) is 0 Å². The molecular formula is C19H19N3O. The topological polar surface area (TPSA) is 50.4 Å². The zero-order valence-electron chi connectivity index (χ0n) is 13.2. The molecule has 0 bridgehead atoms. The number of oxime groups is 1. The van der Waals surface area contributed by atoms with Crippen molar-refractivity contribution in [3.05, 3.63) is 71.9 Å². The van der Waals surface area contributed by atoms with Gasteiger partial charge in [-0.25, -0.2) is 4.68 Å². The number of aromatic nitrogens is 2. The van der Waals surface area contributed by atoms with Gasteiger partial charge in [0.25, 0.3) is 0 Å². The van der Waals surface area contributed by atoms with Crippen molar-refractivity contribution in [2.45, 2.75) is 19.8 Å². The Hall–Kier alpha value is -2.88. The van der Waals surface area contributed by atoms with E-state index in [4.69, 9.17) is 5.21 Å². The summed E-state index contributed by atoms with van der Waals surface area (Å²) in [5.41, 5.74) is 4.81. The van der Waals surface area contributed by atoms with E-state index in [2.05, 4.69) is 48.4 Å². The average Bonchev–Trinajstić information content (AvgIpc) is 3.00. The van der Waals surface area contributed by atoms with Crippen LogP contribution in [0.2, 0.25) is 0 Å². The van der Waals surface area contributed by atoms with Crippen molar-refractivity contribution in [3.63, 3.8) is 0 Å². The molecule has 0 unspecified atom stereocenters. The lowest BCUT2D eigenvalue weighted by molar-refractivity contribution is 0.322. The van der Waals surface area contributed by atoms with Gasteiger partial charge in [-0.3, -0.25) is 0 Å². The minimum atomic E-state index is 0.490. The normalized spacial score (nSPS) is 11.4. The van der Waals surface area contributed by atoms with E-state index >= 15 is 0 Å². The second-order valence-corrected chi connectivity index (χ2v) is 5.73. The van der Waals surface area contributed by atoms with Crippen molar-refractivity contribution >= 4 is 6.21 Å². The summed E-state index contributed by atoms with van der Waals surface area (Å²) in [5.74, 6) is 0.490. The van der Waals surface area contributed by atoms with Crippen LogP contribution in [0.15, 0.2) is 65.9 Å². The lowest BCUT2D eigenvalue weighted by atomic mass is 10.00. The fourth-order valence-electron chi connectivity index (χ4n) is 2.51. The average molecular weight is 305 g/mol. The first-order valence-corrected chi connectivity index (χ1v) is 7.62. The first-order valence-electron chi connectivity index (χ1n) is 7.62. The summed E-state index contributed by atoms with van der Waals surface area (Å²) in [6.07, 6.45) is 3.28. The minimum Gasteiger partial charge on any atom is -0.411 e. The summed E-state index contributed by atoms with van der Waals surface area (Å²) in [5, 5.41) is 16.7. The molecule has 0 atom stereocenters. The van der Waals surface area contributed by atoms with Gasteiger partial charge in [0.15, 0.2) is 0 Å². The molecule has 0 aliphatic rings. The van der Waals surface area contributed by atoms with E-state index in [0.717, 1.165) is 22.5 Å². The lowest BCUT2D eigenvalue weighted by Crippen LogP contribution is -1.94. The molecule has 3 aromatic rings. The Morgan fingerprint density at radius 3 is 2.35 bits per heavy atom. The van der Waals surface area contributed by atoms with E-state index in [1.54, 1.807) is 4.68 Å². The minimum absolute atomic E-state index is 0.490. The molecule has 0 radical (unpaired) electrons. The SMILES string of the molecule is CC(C)c1ccc(-c2nn(-c3ccccc3)cc2C=NO)cc1. The lowest BCUT2D eigenvalue weighted by Gasteiger charge is -2.06. The van der Waals surface area contributed by atoms with Crippen LogP contribution in [-0.2, 0) is 0 Å². The van der Waals surface area contributed by atoms with Crippen LogP contribution in [0.1, 0.15) is 30.9 Å². The van der Waals surface area contributed by atoms with Crippen LogP contribution in [0.5, 0.6) is 0 Å². The molecule has 4 heteroatoms. The highest BCUT2D eigenvalue weighted by Crippen LogP contribution is 2.25. The zero-order chi connectivity index (χ0) is 16.2. The van der Waals surface area contributed by atoms with E-state index in [9.17, 15) is 0 Å². The Morgan fingerprint density at radius 1 is 1.04 bits per heavy atom. The highest BCUT2D eigenvalue weighted by Gasteiger charge is 2.11. The van der Waals surface area contributed by atoms with E-state index in [-0.39, 0.29) is 0 Å². The van der Waals surface area contributed by atoms with Crippen LogP contribution in [0.4, 0.5) is 0 Å². The van der Waals surface area contributed by atoms with Crippen LogP contribution in [-0.4, -0.2) is 21.2 Å². The Balaban J connectivity index is 2.05. The molecule has 0 amide bonds. The molecule has 0 saturated heterocycles. The van der Waals surface area contributed by atoms with Gasteiger partial charge in [-0.05, 0) is 23.6 Å². The smallest absolute Gasteiger partial charge is 0.102 e. The molecular weight excluding hydrogens is 286 g/mol. The largest absolute Gasteiger partial charge is 0.411 e. The van der Waals surface area contributed by atoms with E-state index in [1.807, 2.05) is 36.5 Å². The van der Waals surface area contributed by atoms with Crippen LogP contribution >= 0.6 is 0 Å². The number of hydrogen-bond donors (Lipinski definition) is 1. The van der Waals surface area contributed by atoms with Crippen LogP contribution in [0.25, 0.3) is 16.9 Å². The quantitative estimate of drug-likeness (QED) is 0.439. The van der Waals surface area contributed by atoms with E-state index in [0.29, 0.717) is 5.92 Å². The number of rotatable bonds is 4. The maximum Gasteiger partial charge on any atom is 0.102 e. The Labute approximate surface area is 135 Å². The Kier molecular flexibility index (Phi) is 4.24. The molecule has 0 aliphatic carbocycles. The molecule has 116 valence electrons. The fraction of sp³-hybridized carbons (Fsp3) is 0.158. The monoisotopic (exact) mass is 305 g/mol. The standard InChI is InChI=1S/C19H19N3O/c1-14(2)15-8-10-16(11-9-15)19-17(12-20-23)13-22(21-19)18-6-4-3-5-7-18/h3-14,23H,1-2H3. The van der Waals surface area contributed by atoms with Crippen molar-refractivity contribution < 1.29 is 5.21 Å². The number of nitrogens with zero attached hydrogens (tertiary/aromatic N) is 3. The molecule has 1 heterocycles. The highest BCUT2D eigenvalue weighted by atomic mass is 16.4. The molecule has 3 rings (SSSR count). The predicted molar refractivity (Wildman–Crippen MR) is 92.5 cm³/mol. The van der Waals surface area contributed by atoms with E-state index < -0.39 is 0 Å². The molecule has 1 aromatic heterocycles. The molecule has 0 saturated carbocycles. The van der Waals surface area contributed by atoms with Gasteiger partial charge in [0, 0.05) is 17.3 Å². The van der Waals surface area contributed by atoms with Crippen molar-refractivity contribution in [2.75, 3.05) is 0 Å². The molecule has 1 N–H and O–H groups in total. The van der Waals surface area contributed by atoms with Gasteiger partial charge in [-0.15, -0.1) is 0 Å². The van der Waals surface area contributed by atoms with Crippen molar-refractivity contribution in [1.82, 2.24) is 9.78 Å². The summed E-state index contributed by atoms with van der Waals surface area (Å²) >= 11 is 0. The van der Waals surface area contributed by atoms with Crippen LogP contribution in [0.3, 0.4) is 0 Å². The molecule has 4 nitrogen and oxygen atoms in total. The maximum absolute atomic E-state index is 8.92. The number of para-hydroxylation sites is 1. The summed E-state index contributed by atoms with van der Waals surface area (Å²) in [7, 11) is 0. The van der Waals surface area contributed by atoms with Gasteiger partial charge in [0.05, 0.1) is 11.9 Å². The second kappa shape index (κ2) is 6.48. The van der Waals surface area contributed by atoms with Crippen LogP contribution < -0.4 is 0 Å². The third kappa shape index (κ3) is 3.16. The molecule has 0 fully saturated rings. The third-order valence-corrected chi connectivity index (χ3v) is 3.81. The van der Waals surface area contributed by atoms with Gasteiger partial charge in [0.1, 0.15) is 5.69 Å². The highest BCUT2D eigenvalue weighted by molar-refractivity contribution is 5.88. The second-order valence-electron chi connectivity index (χ2n) is 5.73. The van der Waals surface area contributed by atoms with Crippen LogP contribution in [0, 0.1) is 0 Å². The molecule has 23 heavy (non-hydrogen) atoms. The molecule has 2 aromatic carbocycles. The summed E-state index contributed by atoms with van der Waals surface area (Å²) in [6, 6.07) is 18.2. The van der Waals surface area contributed by atoms with Crippen molar-refractivity contribution in [2.24, 2.45) is 5.16 Å². The first kappa shape index (κ1) is 15.0. The Morgan fingerprint density at radius 2 is 1.74 bits per heavy atom. The van der Waals surface area contributed by atoms with Crippen molar-refractivity contribution in [3.8, 4) is 16.9 Å². The Bertz CT molecular complexity index is 802. The first-order chi connectivity index (χ1) is 11.2. The summed E-state index contributed by atoms with van der Waals surface area (Å²) in [6.45, 7) is 4.34. The summed E-state index contributed by atoms with van der Waals surface area (Å²) < 4.78 is 1.79. The zero-order valence-corrected chi connectivity index (χ0v) is 13.2. The summed E-state index contributed by atoms with van der Waals surface area (Å²) in [4.78, 5) is 0. The maximum atomic E-state index is 8.92. The number of hydrogen-bond acceptors (Lipinski definition) is 3. The van der Waals surface area contributed by atoms with Gasteiger partial charge < -0.3 is 5.21 Å². The van der Waals surface area contributed by atoms with Gasteiger partial charge in [-0.2, -0.15) is 5.10 Å². The van der Waals surface area contributed by atoms with Gasteiger partial charge in [0.2, 0.25) is 0 Å².